The van der Waals surface area contributed by atoms with Crippen LogP contribution in [-0.2, 0) is 24.3 Å². The SMILES string of the molecule is O=C(CCCC1CCCCC1)NCc1nnc2n1CCCCC2. The molecule has 1 aliphatic carbocycles. The van der Waals surface area contributed by atoms with Crippen LogP contribution >= 0.6 is 0 Å². The molecule has 1 fully saturated rings. The van der Waals surface area contributed by atoms with E-state index in [0.29, 0.717) is 13.0 Å². The number of carbonyl (C=O) groups is 1. The number of nitrogens with one attached hydrogen (secondary N) is 1. The summed E-state index contributed by atoms with van der Waals surface area (Å²) in [6.45, 7) is 1.52. The maximum Gasteiger partial charge on any atom is 0.220 e. The number of carbonyl (C=O) groups excluding carboxylic acids is 1. The van der Waals surface area contributed by atoms with Gasteiger partial charge in [0.05, 0.1) is 6.54 Å². The fraction of sp³-hybridized carbons (Fsp3) is 0.833. The van der Waals surface area contributed by atoms with Crippen LogP contribution in [0.5, 0.6) is 0 Å². The lowest BCUT2D eigenvalue weighted by molar-refractivity contribution is -0.121. The van der Waals surface area contributed by atoms with Crippen molar-refractivity contribution in [1.29, 1.82) is 0 Å². The van der Waals surface area contributed by atoms with Gasteiger partial charge in [-0.1, -0.05) is 38.5 Å². The molecule has 3 rings (SSSR count). The third kappa shape index (κ3) is 4.79. The number of fused-ring (bicyclic) bond motifs is 1. The van der Waals surface area contributed by atoms with E-state index in [1.807, 2.05) is 0 Å². The zero-order valence-corrected chi connectivity index (χ0v) is 14.2. The standard InChI is InChI=1S/C18H30N4O/c23-18(12-7-10-15-8-3-1-4-9-15)19-14-17-21-20-16-11-5-2-6-13-22(16)17/h15H,1-14H2,(H,19,23). The van der Waals surface area contributed by atoms with Crippen molar-refractivity contribution >= 4 is 5.91 Å². The van der Waals surface area contributed by atoms with Gasteiger partial charge in [-0.2, -0.15) is 0 Å². The van der Waals surface area contributed by atoms with Crippen LogP contribution < -0.4 is 5.32 Å². The Balaban J connectivity index is 1.38. The van der Waals surface area contributed by atoms with Crippen molar-refractivity contribution in [1.82, 2.24) is 20.1 Å². The number of hydrogen-bond acceptors (Lipinski definition) is 3. The van der Waals surface area contributed by atoms with Crippen molar-refractivity contribution in [3.05, 3.63) is 11.6 Å². The first-order chi connectivity index (χ1) is 11.3. The predicted molar refractivity (Wildman–Crippen MR) is 89.8 cm³/mol. The van der Waals surface area contributed by atoms with Crippen LogP contribution in [0, 0.1) is 5.92 Å². The highest BCUT2D eigenvalue weighted by atomic mass is 16.1. The summed E-state index contributed by atoms with van der Waals surface area (Å²) < 4.78 is 2.20. The highest BCUT2D eigenvalue weighted by molar-refractivity contribution is 5.75. The second-order valence-electron chi connectivity index (χ2n) is 7.17. The van der Waals surface area contributed by atoms with Crippen molar-refractivity contribution in [2.75, 3.05) is 0 Å². The molecule has 2 aliphatic rings. The minimum absolute atomic E-state index is 0.159. The molecule has 5 heteroatoms. The molecule has 0 aromatic carbocycles. The largest absolute Gasteiger partial charge is 0.349 e. The van der Waals surface area contributed by atoms with Crippen LogP contribution in [0.1, 0.15) is 82.3 Å². The number of hydrogen-bond donors (Lipinski definition) is 1. The van der Waals surface area contributed by atoms with Crippen molar-refractivity contribution in [2.24, 2.45) is 5.92 Å². The van der Waals surface area contributed by atoms with Crippen LogP contribution in [0.15, 0.2) is 0 Å². The van der Waals surface area contributed by atoms with Crippen LogP contribution in [0.25, 0.3) is 0 Å². The molecule has 5 nitrogen and oxygen atoms in total. The highest BCUT2D eigenvalue weighted by Gasteiger charge is 2.16. The molecular formula is C18H30N4O. The monoisotopic (exact) mass is 318 g/mol. The molecule has 1 N–H and O–H groups in total. The van der Waals surface area contributed by atoms with Gasteiger partial charge in [-0.05, 0) is 31.6 Å². The molecule has 0 unspecified atom stereocenters. The Morgan fingerprint density at radius 3 is 2.78 bits per heavy atom. The molecule has 23 heavy (non-hydrogen) atoms. The molecule has 1 aliphatic heterocycles. The van der Waals surface area contributed by atoms with Gasteiger partial charge in [0.15, 0.2) is 5.82 Å². The Morgan fingerprint density at radius 1 is 1.09 bits per heavy atom. The Morgan fingerprint density at radius 2 is 1.91 bits per heavy atom. The van der Waals surface area contributed by atoms with Crippen LogP contribution in [-0.4, -0.2) is 20.7 Å². The molecule has 128 valence electrons. The van der Waals surface area contributed by atoms with Gasteiger partial charge in [-0.3, -0.25) is 4.79 Å². The molecule has 1 aromatic rings. The number of nitrogens with zero attached hydrogens (tertiary/aromatic N) is 3. The molecule has 1 amide bonds. The summed E-state index contributed by atoms with van der Waals surface area (Å²) in [4.78, 5) is 12.0. The Labute approximate surface area is 139 Å². The molecule has 2 heterocycles. The van der Waals surface area contributed by atoms with Crippen LogP contribution in [0.4, 0.5) is 0 Å². The van der Waals surface area contributed by atoms with E-state index >= 15 is 0 Å². The lowest BCUT2D eigenvalue weighted by atomic mass is 9.86. The van der Waals surface area contributed by atoms with Crippen LogP contribution in [0.2, 0.25) is 0 Å². The van der Waals surface area contributed by atoms with Gasteiger partial charge in [-0.25, -0.2) is 0 Å². The van der Waals surface area contributed by atoms with Crippen molar-refractivity contribution in [2.45, 2.75) is 90.1 Å². The van der Waals surface area contributed by atoms with Crippen molar-refractivity contribution in [3.63, 3.8) is 0 Å². The van der Waals surface area contributed by atoms with Crippen LogP contribution in [0.3, 0.4) is 0 Å². The topological polar surface area (TPSA) is 59.8 Å². The smallest absolute Gasteiger partial charge is 0.220 e. The van der Waals surface area contributed by atoms with Crippen molar-refractivity contribution < 1.29 is 4.79 Å². The molecular weight excluding hydrogens is 288 g/mol. The average molecular weight is 318 g/mol. The summed E-state index contributed by atoms with van der Waals surface area (Å²) in [6, 6.07) is 0. The zero-order valence-electron chi connectivity index (χ0n) is 14.2. The summed E-state index contributed by atoms with van der Waals surface area (Å²) in [7, 11) is 0. The lowest BCUT2D eigenvalue weighted by Crippen LogP contribution is -2.25. The molecule has 1 aromatic heterocycles. The summed E-state index contributed by atoms with van der Waals surface area (Å²) in [5.74, 6) is 3.03. The predicted octanol–water partition coefficient (Wildman–Crippen LogP) is 3.37. The van der Waals surface area contributed by atoms with Gasteiger partial charge in [0.1, 0.15) is 5.82 Å². The second kappa shape index (κ2) is 8.46. The lowest BCUT2D eigenvalue weighted by Gasteiger charge is -2.21. The summed E-state index contributed by atoms with van der Waals surface area (Å²) in [6.07, 6.45) is 14.5. The quantitative estimate of drug-likeness (QED) is 0.875. The Kier molecular flexibility index (Phi) is 6.06. The molecule has 0 saturated heterocycles. The van der Waals surface area contributed by atoms with E-state index in [9.17, 15) is 4.79 Å². The number of rotatable bonds is 6. The van der Waals surface area contributed by atoms with Gasteiger partial charge >= 0.3 is 0 Å². The van der Waals surface area contributed by atoms with E-state index in [0.717, 1.165) is 37.0 Å². The van der Waals surface area contributed by atoms with E-state index in [1.54, 1.807) is 0 Å². The van der Waals surface area contributed by atoms with E-state index < -0.39 is 0 Å². The normalized spacial score (nSPS) is 19.1. The zero-order chi connectivity index (χ0) is 15.9. The molecule has 0 spiro atoms. The number of aryl methyl sites for hydroxylation is 1. The first-order valence-corrected chi connectivity index (χ1v) is 9.50. The van der Waals surface area contributed by atoms with Gasteiger partial charge < -0.3 is 9.88 Å². The first-order valence-electron chi connectivity index (χ1n) is 9.50. The fourth-order valence-corrected chi connectivity index (χ4v) is 3.97. The first kappa shape index (κ1) is 16.5. The van der Waals surface area contributed by atoms with E-state index in [-0.39, 0.29) is 5.91 Å². The minimum Gasteiger partial charge on any atom is -0.349 e. The van der Waals surface area contributed by atoms with Gasteiger partial charge in [0.25, 0.3) is 0 Å². The average Bonchev–Trinajstić information content (AvgIpc) is 2.80. The molecule has 0 bridgehead atoms. The highest BCUT2D eigenvalue weighted by Crippen LogP contribution is 2.27. The summed E-state index contributed by atoms with van der Waals surface area (Å²) in [5, 5.41) is 11.6. The molecule has 1 saturated carbocycles. The fourth-order valence-electron chi connectivity index (χ4n) is 3.97. The minimum atomic E-state index is 0.159. The van der Waals surface area contributed by atoms with E-state index in [4.69, 9.17) is 0 Å². The Bertz CT molecular complexity index is 505. The maximum atomic E-state index is 12.0. The second-order valence-corrected chi connectivity index (χ2v) is 7.17. The van der Waals surface area contributed by atoms with Gasteiger partial charge in [0, 0.05) is 19.4 Å². The summed E-state index contributed by atoms with van der Waals surface area (Å²) in [5.41, 5.74) is 0. The number of aromatic nitrogens is 3. The van der Waals surface area contributed by atoms with Gasteiger partial charge in [0.2, 0.25) is 5.91 Å². The third-order valence-corrected chi connectivity index (χ3v) is 5.37. The molecule has 0 radical (unpaired) electrons. The number of amides is 1. The van der Waals surface area contributed by atoms with E-state index in [2.05, 4.69) is 20.1 Å². The third-order valence-electron chi connectivity index (χ3n) is 5.37. The van der Waals surface area contributed by atoms with Gasteiger partial charge in [-0.15, -0.1) is 10.2 Å². The summed E-state index contributed by atoms with van der Waals surface area (Å²) >= 11 is 0. The molecule has 0 atom stereocenters. The maximum absolute atomic E-state index is 12.0. The van der Waals surface area contributed by atoms with E-state index in [1.165, 1.54) is 57.8 Å². The Hall–Kier alpha value is -1.39. The van der Waals surface area contributed by atoms with Crippen molar-refractivity contribution in [3.8, 4) is 0 Å².